The average Bonchev–Trinajstić information content (AvgIpc) is 2.22. The lowest BCUT2D eigenvalue weighted by Gasteiger charge is -2.06. The van der Waals surface area contributed by atoms with Gasteiger partial charge in [0, 0.05) is 16.1 Å². The monoisotopic (exact) mass is 219 g/mol. The molecule has 76 valence electrons. The standard InChI is InChI=1S/C11H10ClN3/c1-7-10(14-6-15-11(7)13)8-3-2-4-9(12)5-8/h2-6H,1H3,(H2,13,14,15). The van der Waals surface area contributed by atoms with Crippen LogP contribution in [0.5, 0.6) is 0 Å². The number of aromatic nitrogens is 2. The highest BCUT2D eigenvalue weighted by Gasteiger charge is 2.06. The summed E-state index contributed by atoms with van der Waals surface area (Å²) < 4.78 is 0. The van der Waals surface area contributed by atoms with E-state index in [-0.39, 0.29) is 0 Å². The van der Waals surface area contributed by atoms with Gasteiger partial charge in [-0.05, 0) is 19.1 Å². The van der Waals surface area contributed by atoms with E-state index in [9.17, 15) is 0 Å². The first-order valence-electron chi connectivity index (χ1n) is 4.51. The molecule has 1 aromatic heterocycles. The summed E-state index contributed by atoms with van der Waals surface area (Å²) in [7, 11) is 0. The Kier molecular flexibility index (Phi) is 2.56. The van der Waals surface area contributed by atoms with E-state index >= 15 is 0 Å². The Morgan fingerprint density at radius 3 is 2.80 bits per heavy atom. The quantitative estimate of drug-likeness (QED) is 0.802. The van der Waals surface area contributed by atoms with Gasteiger partial charge in [-0.3, -0.25) is 0 Å². The number of nitrogens with zero attached hydrogens (tertiary/aromatic N) is 2. The fourth-order valence-electron chi connectivity index (χ4n) is 1.39. The Morgan fingerprint density at radius 1 is 1.27 bits per heavy atom. The molecule has 15 heavy (non-hydrogen) atoms. The van der Waals surface area contributed by atoms with Crippen LogP contribution < -0.4 is 5.73 Å². The second-order valence-electron chi connectivity index (χ2n) is 3.24. The summed E-state index contributed by atoms with van der Waals surface area (Å²) >= 11 is 5.91. The fourth-order valence-corrected chi connectivity index (χ4v) is 1.58. The molecule has 0 aliphatic rings. The van der Waals surface area contributed by atoms with E-state index in [1.807, 2.05) is 31.2 Å². The first kappa shape index (κ1) is 9.93. The summed E-state index contributed by atoms with van der Waals surface area (Å²) in [5.74, 6) is 0.500. The second kappa shape index (κ2) is 3.87. The van der Waals surface area contributed by atoms with Gasteiger partial charge in [-0.1, -0.05) is 23.7 Å². The number of hydrogen-bond acceptors (Lipinski definition) is 3. The molecule has 1 aromatic carbocycles. The van der Waals surface area contributed by atoms with Crippen molar-refractivity contribution >= 4 is 17.4 Å². The van der Waals surface area contributed by atoms with Crippen molar-refractivity contribution in [3.8, 4) is 11.3 Å². The molecule has 0 aliphatic carbocycles. The van der Waals surface area contributed by atoms with E-state index in [1.54, 1.807) is 0 Å². The van der Waals surface area contributed by atoms with Crippen LogP contribution in [0.2, 0.25) is 5.02 Å². The van der Waals surface area contributed by atoms with Crippen molar-refractivity contribution in [2.75, 3.05) is 5.73 Å². The van der Waals surface area contributed by atoms with Crippen LogP contribution in [0.15, 0.2) is 30.6 Å². The molecule has 0 radical (unpaired) electrons. The zero-order valence-corrected chi connectivity index (χ0v) is 8.99. The van der Waals surface area contributed by atoms with Gasteiger partial charge in [0.05, 0.1) is 5.69 Å². The van der Waals surface area contributed by atoms with Gasteiger partial charge in [0.15, 0.2) is 0 Å². The highest BCUT2D eigenvalue weighted by Crippen LogP contribution is 2.25. The summed E-state index contributed by atoms with van der Waals surface area (Å²) in [5, 5.41) is 0.684. The van der Waals surface area contributed by atoms with E-state index in [2.05, 4.69) is 9.97 Å². The summed E-state index contributed by atoms with van der Waals surface area (Å²) in [6.07, 6.45) is 1.46. The maximum Gasteiger partial charge on any atom is 0.130 e. The number of nitrogens with two attached hydrogens (primary N) is 1. The zero-order valence-electron chi connectivity index (χ0n) is 8.24. The smallest absolute Gasteiger partial charge is 0.130 e. The summed E-state index contributed by atoms with van der Waals surface area (Å²) in [4.78, 5) is 8.12. The number of halogens is 1. The second-order valence-corrected chi connectivity index (χ2v) is 3.68. The van der Waals surface area contributed by atoms with Gasteiger partial charge in [0.25, 0.3) is 0 Å². The molecule has 1 heterocycles. The van der Waals surface area contributed by atoms with Crippen molar-refractivity contribution in [2.24, 2.45) is 0 Å². The number of rotatable bonds is 1. The molecule has 0 atom stereocenters. The highest BCUT2D eigenvalue weighted by molar-refractivity contribution is 6.30. The summed E-state index contributed by atoms with van der Waals surface area (Å²) in [6, 6.07) is 7.51. The number of benzene rings is 1. The minimum Gasteiger partial charge on any atom is -0.383 e. The third-order valence-electron chi connectivity index (χ3n) is 2.22. The molecular weight excluding hydrogens is 210 g/mol. The van der Waals surface area contributed by atoms with Crippen LogP contribution in [0.4, 0.5) is 5.82 Å². The van der Waals surface area contributed by atoms with E-state index in [4.69, 9.17) is 17.3 Å². The van der Waals surface area contributed by atoms with E-state index < -0.39 is 0 Å². The van der Waals surface area contributed by atoms with Gasteiger partial charge in [-0.2, -0.15) is 0 Å². The molecule has 0 saturated heterocycles. The first-order chi connectivity index (χ1) is 7.18. The van der Waals surface area contributed by atoms with Crippen LogP contribution in [-0.2, 0) is 0 Å². The van der Waals surface area contributed by atoms with Crippen LogP contribution in [0.3, 0.4) is 0 Å². The van der Waals surface area contributed by atoms with Gasteiger partial charge in [-0.25, -0.2) is 9.97 Å². The Labute approximate surface area is 92.9 Å². The summed E-state index contributed by atoms with van der Waals surface area (Å²) in [5.41, 5.74) is 8.36. The predicted octanol–water partition coefficient (Wildman–Crippen LogP) is 2.69. The van der Waals surface area contributed by atoms with Gasteiger partial charge in [0.1, 0.15) is 12.1 Å². The molecule has 3 nitrogen and oxygen atoms in total. The van der Waals surface area contributed by atoms with Crippen LogP contribution in [0.1, 0.15) is 5.56 Å². The molecule has 0 amide bonds. The largest absolute Gasteiger partial charge is 0.383 e. The Hall–Kier alpha value is -1.61. The lowest BCUT2D eigenvalue weighted by Crippen LogP contribution is -1.98. The van der Waals surface area contributed by atoms with Gasteiger partial charge in [-0.15, -0.1) is 0 Å². The lowest BCUT2D eigenvalue weighted by molar-refractivity contribution is 1.14. The zero-order chi connectivity index (χ0) is 10.8. The van der Waals surface area contributed by atoms with Crippen LogP contribution >= 0.6 is 11.6 Å². The van der Waals surface area contributed by atoms with Crippen molar-refractivity contribution in [3.05, 3.63) is 41.2 Å². The van der Waals surface area contributed by atoms with Gasteiger partial charge in [0.2, 0.25) is 0 Å². The summed E-state index contributed by atoms with van der Waals surface area (Å²) in [6.45, 7) is 1.89. The van der Waals surface area contributed by atoms with Crippen molar-refractivity contribution < 1.29 is 0 Å². The molecule has 4 heteroatoms. The minimum atomic E-state index is 0.500. The topological polar surface area (TPSA) is 51.8 Å². The Balaban J connectivity index is 2.59. The maximum atomic E-state index is 5.91. The van der Waals surface area contributed by atoms with Gasteiger partial charge >= 0.3 is 0 Å². The van der Waals surface area contributed by atoms with Crippen LogP contribution in [0, 0.1) is 6.92 Å². The van der Waals surface area contributed by atoms with E-state index in [1.165, 1.54) is 6.33 Å². The molecule has 0 fully saturated rings. The minimum absolute atomic E-state index is 0.500. The third-order valence-corrected chi connectivity index (χ3v) is 2.46. The maximum absolute atomic E-state index is 5.91. The van der Waals surface area contributed by atoms with E-state index in [0.717, 1.165) is 16.8 Å². The molecule has 0 aliphatic heterocycles. The predicted molar refractivity (Wildman–Crippen MR) is 61.6 cm³/mol. The Bertz CT molecular complexity index is 497. The lowest BCUT2D eigenvalue weighted by atomic mass is 10.1. The van der Waals surface area contributed by atoms with E-state index in [0.29, 0.717) is 10.8 Å². The highest BCUT2D eigenvalue weighted by atomic mass is 35.5. The average molecular weight is 220 g/mol. The Morgan fingerprint density at radius 2 is 2.07 bits per heavy atom. The molecule has 2 rings (SSSR count). The van der Waals surface area contributed by atoms with Crippen LogP contribution in [0.25, 0.3) is 11.3 Å². The number of hydrogen-bond donors (Lipinski definition) is 1. The van der Waals surface area contributed by atoms with Gasteiger partial charge < -0.3 is 5.73 Å². The molecule has 0 unspecified atom stereocenters. The van der Waals surface area contributed by atoms with Crippen LogP contribution in [-0.4, -0.2) is 9.97 Å². The molecule has 0 saturated carbocycles. The fraction of sp³-hybridized carbons (Fsp3) is 0.0909. The molecule has 0 spiro atoms. The number of nitrogen functional groups attached to an aromatic ring is 1. The molecule has 2 N–H and O–H groups in total. The normalized spacial score (nSPS) is 10.3. The van der Waals surface area contributed by atoms with Crippen molar-refractivity contribution in [3.63, 3.8) is 0 Å². The first-order valence-corrected chi connectivity index (χ1v) is 4.89. The van der Waals surface area contributed by atoms with Crippen molar-refractivity contribution in [2.45, 2.75) is 6.92 Å². The van der Waals surface area contributed by atoms with Crippen molar-refractivity contribution in [1.82, 2.24) is 9.97 Å². The molecule has 2 aromatic rings. The number of anilines is 1. The molecule has 0 bridgehead atoms. The third kappa shape index (κ3) is 1.92. The molecular formula is C11H10ClN3. The van der Waals surface area contributed by atoms with Crippen molar-refractivity contribution in [1.29, 1.82) is 0 Å². The SMILES string of the molecule is Cc1c(N)ncnc1-c1cccc(Cl)c1.